The molecule has 3 rings (SSSR count). The zero-order valence-corrected chi connectivity index (χ0v) is 13.9. The molecule has 3 atom stereocenters. The largest absolute Gasteiger partial charge is 0.392 e. The molecule has 0 amide bonds. The molecule has 1 aromatic carbocycles. The molecule has 0 spiro atoms. The molecule has 22 heavy (non-hydrogen) atoms. The Balaban J connectivity index is 1.67. The molecule has 0 unspecified atom stereocenters. The molecule has 4 heteroatoms. The van der Waals surface area contributed by atoms with E-state index in [0.29, 0.717) is 6.04 Å². The summed E-state index contributed by atoms with van der Waals surface area (Å²) in [6.07, 6.45) is 1.82. The van der Waals surface area contributed by atoms with Gasteiger partial charge in [0.05, 0.1) is 12.2 Å². The van der Waals surface area contributed by atoms with E-state index in [1.165, 1.54) is 5.56 Å². The third kappa shape index (κ3) is 3.51. The summed E-state index contributed by atoms with van der Waals surface area (Å²) in [7, 11) is 0. The molecule has 0 bridgehead atoms. The van der Waals surface area contributed by atoms with E-state index in [9.17, 15) is 5.11 Å². The molecule has 1 N–H and O–H groups in total. The topological polar surface area (TPSA) is 35.9 Å². The summed E-state index contributed by atoms with van der Waals surface area (Å²) < 4.78 is 0. The lowest BCUT2D eigenvalue weighted by Gasteiger charge is -2.33. The average molecular weight is 304 g/mol. The van der Waals surface area contributed by atoms with Gasteiger partial charge in [-0.15, -0.1) is 0 Å². The van der Waals surface area contributed by atoms with Crippen molar-refractivity contribution in [2.45, 2.75) is 63.9 Å². The second-order valence-electron chi connectivity index (χ2n) is 7.58. The van der Waals surface area contributed by atoms with Gasteiger partial charge >= 0.3 is 0 Å². The van der Waals surface area contributed by atoms with Gasteiger partial charge in [-0.05, 0) is 39.2 Å². The Morgan fingerprint density at radius 1 is 1.23 bits per heavy atom. The van der Waals surface area contributed by atoms with Crippen LogP contribution in [0.15, 0.2) is 30.3 Å². The third-order valence-electron chi connectivity index (χ3n) is 4.71. The van der Waals surface area contributed by atoms with Crippen LogP contribution in [0.2, 0.25) is 0 Å². The fourth-order valence-corrected chi connectivity index (χ4v) is 3.56. The summed E-state index contributed by atoms with van der Waals surface area (Å²) in [5.74, 6) is 0. The molecule has 2 saturated heterocycles. The van der Waals surface area contributed by atoms with Crippen molar-refractivity contribution in [2.75, 3.05) is 13.1 Å². The molecule has 2 fully saturated rings. The Kier molecular flexibility index (Phi) is 4.55. The Morgan fingerprint density at radius 3 is 2.59 bits per heavy atom. The lowest BCUT2D eigenvalue weighted by atomic mass is 10.0. The van der Waals surface area contributed by atoms with E-state index in [2.05, 4.69) is 55.0 Å². The van der Waals surface area contributed by atoms with Gasteiger partial charge in [-0.2, -0.15) is 5.06 Å². The van der Waals surface area contributed by atoms with Crippen LogP contribution in [0, 0.1) is 0 Å². The number of likely N-dealkylation sites (tertiary alicyclic amines) is 1. The number of benzene rings is 1. The minimum absolute atomic E-state index is 0.0379. The van der Waals surface area contributed by atoms with Crippen molar-refractivity contribution in [1.82, 2.24) is 9.96 Å². The van der Waals surface area contributed by atoms with E-state index in [-0.39, 0.29) is 17.7 Å². The smallest absolute Gasteiger partial charge is 0.0962 e. The highest BCUT2D eigenvalue weighted by atomic mass is 16.7. The predicted octanol–water partition coefficient (Wildman–Crippen LogP) is 2.43. The normalized spacial score (nSPS) is 31.0. The number of hydrogen-bond donors (Lipinski definition) is 1. The van der Waals surface area contributed by atoms with E-state index >= 15 is 0 Å². The first-order chi connectivity index (χ1) is 10.4. The molecule has 2 heterocycles. The van der Waals surface area contributed by atoms with Crippen molar-refractivity contribution in [3.63, 3.8) is 0 Å². The number of nitrogens with zero attached hydrogens (tertiary/aromatic N) is 2. The summed E-state index contributed by atoms with van der Waals surface area (Å²) in [4.78, 5) is 8.59. The van der Waals surface area contributed by atoms with Gasteiger partial charge in [0, 0.05) is 31.2 Å². The van der Waals surface area contributed by atoms with Crippen molar-refractivity contribution in [3.8, 4) is 0 Å². The molecular formula is C18H28N2O2. The maximum Gasteiger partial charge on any atom is 0.0962 e. The van der Waals surface area contributed by atoms with Crippen LogP contribution in [0.25, 0.3) is 0 Å². The van der Waals surface area contributed by atoms with Gasteiger partial charge in [0.1, 0.15) is 0 Å². The van der Waals surface area contributed by atoms with Crippen molar-refractivity contribution >= 4 is 0 Å². The summed E-state index contributed by atoms with van der Waals surface area (Å²) in [5.41, 5.74) is 1.34. The first kappa shape index (κ1) is 15.9. The Hall–Kier alpha value is -0.940. The minimum atomic E-state index is -0.235. The van der Waals surface area contributed by atoms with E-state index in [1.54, 1.807) is 0 Å². The van der Waals surface area contributed by atoms with E-state index in [1.807, 2.05) is 6.07 Å². The van der Waals surface area contributed by atoms with Crippen molar-refractivity contribution in [1.29, 1.82) is 0 Å². The highest BCUT2D eigenvalue weighted by Crippen LogP contribution is 2.32. The minimum Gasteiger partial charge on any atom is -0.392 e. The fourth-order valence-electron chi connectivity index (χ4n) is 3.56. The Morgan fingerprint density at radius 2 is 1.95 bits per heavy atom. The van der Waals surface area contributed by atoms with E-state index < -0.39 is 0 Å². The molecule has 4 nitrogen and oxygen atoms in total. The van der Waals surface area contributed by atoms with Crippen LogP contribution >= 0.6 is 0 Å². The summed E-state index contributed by atoms with van der Waals surface area (Å²) in [5, 5.41) is 12.2. The van der Waals surface area contributed by atoms with Crippen LogP contribution in [-0.4, -0.2) is 51.9 Å². The standard InChI is InChI=1S/C18H28N2O2/c1-18(2,3)20-10-9-17(22-20)16-11-15(21)13-19(16)12-14-7-5-4-6-8-14/h4-8,15-17,21H,9-13H2,1-3H3/t15-,16+,17-/m1/s1. The second kappa shape index (κ2) is 6.28. The molecule has 1 aromatic rings. The van der Waals surface area contributed by atoms with Gasteiger partial charge in [-0.1, -0.05) is 30.3 Å². The molecular weight excluding hydrogens is 276 g/mol. The highest BCUT2D eigenvalue weighted by Gasteiger charge is 2.42. The van der Waals surface area contributed by atoms with Crippen molar-refractivity contribution < 1.29 is 9.94 Å². The number of rotatable bonds is 3. The zero-order valence-electron chi connectivity index (χ0n) is 13.9. The Bertz CT molecular complexity index is 486. The quantitative estimate of drug-likeness (QED) is 0.930. The Labute approximate surface area is 133 Å². The summed E-state index contributed by atoms with van der Waals surface area (Å²) in [6, 6.07) is 10.8. The van der Waals surface area contributed by atoms with Crippen molar-refractivity contribution in [2.24, 2.45) is 0 Å². The lowest BCUT2D eigenvalue weighted by molar-refractivity contribution is -0.205. The zero-order chi connectivity index (χ0) is 15.7. The molecule has 0 aromatic heterocycles. The molecule has 0 saturated carbocycles. The van der Waals surface area contributed by atoms with Gasteiger partial charge in [0.15, 0.2) is 0 Å². The first-order valence-electron chi connectivity index (χ1n) is 8.34. The van der Waals surface area contributed by atoms with Gasteiger partial charge in [-0.25, -0.2) is 0 Å². The third-order valence-corrected chi connectivity index (χ3v) is 4.71. The average Bonchev–Trinajstić information content (AvgIpc) is 3.06. The van der Waals surface area contributed by atoms with Gasteiger partial charge in [-0.3, -0.25) is 9.74 Å². The molecule has 122 valence electrons. The van der Waals surface area contributed by atoms with Crippen LogP contribution in [0.1, 0.15) is 39.2 Å². The van der Waals surface area contributed by atoms with Crippen LogP contribution in [0.4, 0.5) is 0 Å². The van der Waals surface area contributed by atoms with Crippen LogP contribution in [0.3, 0.4) is 0 Å². The van der Waals surface area contributed by atoms with Crippen LogP contribution < -0.4 is 0 Å². The fraction of sp³-hybridized carbons (Fsp3) is 0.667. The number of aliphatic hydroxyl groups excluding tert-OH is 1. The molecule has 0 radical (unpaired) electrons. The lowest BCUT2D eigenvalue weighted by Crippen LogP contribution is -2.42. The number of hydrogen-bond acceptors (Lipinski definition) is 4. The maximum absolute atomic E-state index is 10.1. The summed E-state index contributed by atoms with van der Waals surface area (Å²) >= 11 is 0. The van der Waals surface area contributed by atoms with Crippen molar-refractivity contribution in [3.05, 3.63) is 35.9 Å². The van der Waals surface area contributed by atoms with Crippen LogP contribution in [-0.2, 0) is 11.4 Å². The number of aliphatic hydroxyl groups is 1. The van der Waals surface area contributed by atoms with E-state index in [0.717, 1.165) is 32.5 Å². The summed E-state index contributed by atoms with van der Waals surface area (Å²) in [6.45, 7) is 9.15. The SMILES string of the molecule is CC(C)(C)N1CC[C@H]([C@@H]2C[C@@H](O)CN2Cc2ccccc2)O1. The van der Waals surface area contributed by atoms with E-state index in [4.69, 9.17) is 4.84 Å². The predicted molar refractivity (Wildman–Crippen MR) is 87.2 cm³/mol. The number of β-amino-alcohol motifs (C(OH)–C–C–N with tert-alkyl or cyclic N) is 1. The van der Waals surface area contributed by atoms with Crippen LogP contribution in [0.5, 0.6) is 0 Å². The highest BCUT2D eigenvalue weighted by molar-refractivity contribution is 5.15. The molecule has 2 aliphatic heterocycles. The monoisotopic (exact) mass is 304 g/mol. The second-order valence-corrected chi connectivity index (χ2v) is 7.58. The van der Waals surface area contributed by atoms with Gasteiger partial charge in [0.2, 0.25) is 0 Å². The molecule has 0 aliphatic carbocycles. The first-order valence-corrected chi connectivity index (χ1v) is 8.34. The maximum atomic E-state index is 10.1. The number of hydroxylamine groups is 2. The molecule has 2 aliphatic rings. The van der Waals surface area contributed by atoms with Gasteiger partial charge < -0.3 is 5.11 Å². The van der Waals surface area contributed by atoms with Gasteiger partial charge in [0.25, 0.3) is 0 Å².